The highest BCUT2D eigenvalue weighted by atomic mass is 35.5. The van der Waals surface area contributed by atoms with E-state index in [-0.39, 0.29) is 37.4 Å². The van der Waals surface area contributed by atoms with Crippen LogP contribution >= 0.6 is 23.2 Å². The number of halogens is 2. The van der Waals surface area contributed by atoms with E-state index in [4.69, 9.17) is 27.9 Å². The van der Waals surface area contributed by atoms with E-state index in [2.05, 4.69) is 15.8 Å². The van der Waals surface area contributed by atoms with Crippen LogP contribution in [0.1, 0.15) is 42.0 Å². The summed E-state index contributed by atoms with van der Waals surface area (Å²) in [7, 11) is -3.65. The molecule has 43 heavy (non-hydrogen) atoms. The molecule has 4 rings (SSSR count). The summed E-state index contributed by atoms with van der Waals surface area (Å²) in [5, 5.41) is 7.77. The average Bonchev–Trinajstić information content (AvgIpc) is 2.95. The Morgan fingerprint density at radius 1 is 0.977 bits per heavy atom. The number of anilines is 1. The molecular formula is C31H34Cl2N4O5S. The van der Waals surface area contributed by atoms with Crippen LogP contribution in [0, 0.1) is 26.7 Å². The fraction of sp³-hybridized carbons (Fsp3) is 0.323. The highest BCUT2D eigenvalue weighted by Gasteiger charge is 2.33. The Labute approximate surface area is 262 Å². The lowest BCUT2D eigenvalue weighted by Gasteiger charge is -2.31. The minimum absolute atomic E-state index is 0.230. The molecule has 2 amide bonds. The van der Waals surface area contributed by atoms with Crippen molar-refractivity contribution in [3.63, 3.8) is 0 Å². The second-order valence-electron chi connectivity index (χ2n) is 10.6. The van der Waals surface area contributed by atoms with Crippen molar-refractivity contribution in [3.05, 3.63) is 86.9 Å². The molecule has 2 N–H and O–H groups in total. The number of carbonyl (C=O) groups is 2. The first kappa shape index (κ1) is 32.5. The molecule has 12 heteroatoms. The number of rotatable bonds is 9. The maximum atomic E-state index is 13.4. The second kappa shape index (κ2) is 13.9. The topological polar surface area (TPSA) is 117 Å². The second-order valence-corrected chi connectivity index (χ2v) is 13.3. The summed E-state index contributed by atoms with van der Waals surface area (Å²) < 4.78 is 33.6. The Kier molecular flexibility index (Phi) is 10.5. The number of carbonyl (C=O) groups excluding carboxylic acids is 2. The van der Waals surface area contributed by atoms with E-state index in [1.807, 2.05) is 32.9 Å². The van der Waals surface area contributed by atoms with Crippen molar-refractivity contribution in [1.82, 2.24) is 9.73 Å². The predicted octanol–water partition coefficient (Wildman–Crippen LogP) is 5.88. The van der Waals surface area contributed by atoms with Crippen molar-refractivity contribution >= 4 is 56.4 Å². The van der Waals surface area contributed by atoms with E-state index >= 15 is 0 Å². The zero-order valence-corrected chi connectivity index (χ0v) is 26.7. The zero-order valence-electron chi connectivity index (χ0n) is 24.4. The lowest BCUT2D eigenvalue weighted by Crippen LogP contribution is -2.42. The van der Waals surface area contributed by atoms with Gasteiger partial charge in [-0.3, -0.25) is 9.59 Å². The van der Waals surface area contributed by atoms with Gasteiger partial charge in [0.25, 0.3) is 5.91 Å². The van der Waals surface area contributed by atoms with Gasteiger partial charge in [0.2, 0.25) is 15.9 Å². The fourth-order valence-corrected chi connectivity index (χ4v) is 7.43. The van der Waals surface area contributed by atoms with E-state index in [9.17, 15) is 18.0 Å². The maximum Gasteiger partial charge on any atom is 0.262 e. The Hall–Kier alpha value is -3.44. The van der Waals surface area contributed by atoms with Crippen molar-refractivity contribution in [1.29, 1.82) is 0 Å². The third kappa shape index (κ3) is 8.14. The van der Waals surface area contributed by atoms with Crippen molar-refractivity contribution in [3.8, 4) is 5.75 Å². The molecule has 0 radical (unpaired) electrons. The summed E-state index contributed by atoms with van der Waals surface area (Å²) in [4.78, 5) is 25.5. The minimum Gasteiger partial charge on any atom is -0.482 e. The summed E-state index contributed by atoms with van der Waals surface area (Å²) in [6.07, 6.45) is 0.817. The van der Waals surface area contributed by atoms with Gasteiger partial charge in [0.1, 0.15) is 5.75 Å². The zero-order chi connectivity index (χ0) is 31.3. The molecular weight excluding hydrogens is 611 g/mol. The molecule has 0 unspecified atom stereocenters. The molecule has 1 aliphatic rings. The molecule has 9 nitrogen and oxygen atoms in total. The number of hydrogen-bond donors (Lipinski definition) is 2. The highest BCUT2D eigenvalue weighted by Crippen LogP contribution is 2.29. The SMILES string of the molecule is C/C(=N\NC(=O)C1CCN(S(=O)(=O)c2c(C)cc(C)cc2C)CC1)c1ccc(NC(=O)COc2ccc(Cl)cc2Cl)cc1. The first-order valence-corrected chi connectivity index (χ1v) is 15.9. The number of hydrogen-bond acceptors (Lipinski definition) is 6. The Balaban J connectivity index is 1.27. The number of aryl methyl sites for hydroxylation is 3. The summed E-state index contributed by atoms with van der Waals surface area (Å²) in [5.74, 6) is -0.595. The first-order chi connectivity index (χ1) is 20.3. The number of sulfonamides is 1. The molecule has 0 atom stereocenters. The van der Waals surface area contributed by atoms with Gasteiger partial charge in [-0.2, -0.15) is 9.41 Å². The highest BCUT2D eigenvalue weighted by molar-refractivity contribution is 7.89. The van der Waals surface area contributed by atoms with Gasteiger partial charge < -0.3 is 10.1 Å². The van der Waals surface area contributed by atoms with Crippen LogP contribution in [-0.4, -0.2) is 49.9 Å². The number of amides is 2. The van der Waals surface area contributed by atoms with Gasteiger partial charge in [0, 0.05) is 29.7 Å². The van der Waals surface area contributed by atoms with Gasteiger partial charge in [-0.25, -0.2) is 13.8 Å². The molecule has 0 bridgehead atoms. The standard InChI is InChI=1S/C31H34Cl2N4O5S/c1-19-15-20(2)30(21(3)16-19)43(40,41)37-13-11-24(12-14-37)31(39)36-35-22(4)23-5-8-26(9-6-23)34-29(38)18-42-28-10-7-25(32)17-27(28)33/h5-10,15-17,24H,11-14,18H2,1-4H3,(H,34,38)(H,36,39)/b35-22+. The quantitative estimate of drug-likeness (QED) is 0.223. The minimum atomic E-state index is -3.65. The van der Waals surface area contributed by atoms with Gasteiger partial charge in [0.15, 0.2) is 6.61 Å². The molecule has 1 heterocycles. The number of benzene rings is 3. The Morgan fingerprint density at radius 3 is 2.21 bits per heavy atom. The van der Waals surface area contributed by atoms with Gasteiger partial charge in [-0.1, -0.05) is 53.0 Å². The van der Waals surface area contributed by atoms with Gasteiger partial charge >= 0.3 is 0 Å². The van der Waals surface area contributed by atoms with E-state index < -0.39 is 10.0 Å². The van der Waals surface area contributed by atoms with Gasteiger partial charge in [0.05, 0.1) is 15.6 Å². The van der Waals surface area contributed by atoms with Gasteiger partial charge in [-0.05, 0) is 87.6 Å². The molecule has 0 spiro atoms. The van der Waals surface area contributed by atoms with E-state index in [1.165, 1.54) is 10.4 Å². The lowest BCUT2D eigenvalue weighted by molar-refractivity contribution is -0.126. The summed E-state index contributed by atoms with van der Waals surface area (Å²) in [5.41, 5.74) is 7.00. The normalized spacial score (nSPS) is 14.8. The van der Waals surface area contributed by atoms with Crippen molar-refractivity contribution in [2.45, 2.75) is 45.4 Å². The van der Waals surface area contributed by atoms with Crippen molar-refractivity contribution in [2.75, 3.05) is 25.0 Å². The van der Waals surface area contributed by atoms with E-state index in [0.717, 1.165) is 22.3 Å². The van der Waals surface area contributed by atoms with E-state index in [0.29, 0.717) is 44.9 Å². The predicted molar refractivity (Wildman–Crippen MR) is 170 cm³/mol. The smallest absolute Gasteiger partial charge is 0.262 e. The van der Waals surface area contributed by atoms with Crippen LogP contribution in [0.25, 0.3) is 0 Å². The first-order valence-electron chi connectivity index (χ1n) is 13.8. The van der Waals surface area contributed by atoms with Crippen molar-refractivity contribution in [2.24, 2.45) is 11.0 Å². The number of nitrogens with zero attached hydrogens (tertiary/aromatic N) is 2. The monoisotopic (exact) mass is 644 g/mol. The fourth-order valence-electron chi connectivity index (χ4n) is 5.08. The van der Waals surface area contributed by atoms with E-state index in [1.54, 1.807) is 43.3 Å². The Morgan fingerprint density at radius 2 is 1.60 bits per heavy atom. The van der Waals surface area contributed by atoms with Crippen LogP contribution in [-0.2, 0) is 19.6 Å². The molecule has 3 aromatic carbocycles. The molecule has 0 aromatic heterocycles. The van der Waals surface area contributed by atoms with Crippen LogP contribution in [0.5, 0.6) is 5.75 Å². The molecule has 0 saturated carbocycles. The number of ether oxygens (including phenoxy) is 1. The summed E-state index contributed by atoms with van der Waals surface area (Å²) >= 11 is 11.9. The third-order valence-electron chi connectivity index (χ3n) is 7.20. The molecule has 228 valence electrons. The van der Waals surface area contributed by atoms with Gasteiger partial charge in [-0.15, -0.1) is 0 Å². The molecule has 1 aliphatic heterocycles. The number of nitrogens with one attached hydrogen (secondary N) is 2. The average molecular weight is 646 g/mol. The Bertz CT molecular complexity index is 1630. The third-order valence-corrected chi connectivity index (χ3v) is 9.94. The van der Waals surface area contributed by atoms with Crippen LogP contribution < -0.4 is 15.5 Å². The van der Waals surface area contributed by atoms with Crippen LogP contribution in [0.4, 0.5) is 5.69 Å². The number of piperidine rings is 1. The number of hydrazone groups is 1. The molecule has 0 aliphatic carbocycles. The molecule has 1 fully saturated rings. The van der Waals surface area contributed by atoms with Crippen molar-refractivity contribution < 1.29 is 22.7 Å². The molecule has 1 saturated heterocycles. The van der Waals surface area contributed by atoms with Crippen LogP contribution in [0.3, 0.4) is 0 Å². The maximum absolute atomic E-state index is 13.4. The molecule has 3 aromatic rings. The van der Waals surface area contributed by atoms with Crippen LogP contribution in [0.15, 0.2) is 64.6 Å². The lowest BCUT2D eigenvalue weighted by atomic mass is 9.98. The summed E-state index contributed by atoms with van der Waals surface area (Å²) in [6, 6.07) is 15.5. The summed E-state index contributed by atoms with van der Waals surface area (Å²) in [6.45, 7) is 7.63. The van der Waals surface area contributed by atoms with Crippen LogP contribution in [0.2, 0.25) is 10.0 Å². The largest absolute Gasteiger partial charge is 0.482 e.